The Morgan fingerprint density at radius 1 is 0.852 bits per heavy atom. The second-order valence-electron chi connectivity index (χ2n) is 6.58. The molecule has 0 spiro atoms. The van der Waals surface area contributed by atoms with Crippen molar-refractivity contribution in [3.05, 3.63) is 83.9 Å². The highest BCUT2D eigenvalue weighted by Crippen LogP contribution is 2.30. The number of rotatable bonds is 6. The summed E-state index contributed by atoms with van der Waals surface area (Å²) in [6.45, 7) is 0. The van der Waals surface area contributed by atoms with Crippen molar-refractivity contribution in [2.24, 2.45) is 11.8 Å². The van der Waals surface area contributed by atoms with Crippen LogP contribution >= 0.6 is 0 Å². The number of allylic oxidation sites excluding steroid dienone is 2. The van der Waals surface area contributed by atoms with Crippen LogP contribution in [0.25, 0.3) is 0 Å². The molecule has 0 heterocycles. The maximum Gasteiger partial charge on any atom is 0.330 e. The first-order valence-electron chi connectivity index (χ1n) is 8.90. The van der Waals surface area contributed by atoms with Gasteiger partial charge in [0, 0.05) is 11.5 Å². The predicted molar refractivity (Wildman–Crippen MR) is 101 cm³/mol. The van der Waals surface area contributed by atoms with Gasteiger partial charge in [-0.15, -0.1) is 0 Å². The first-order valence-corrected chi connectivity index (χ1v) is 8.90. The number of nitrogens with one attached hydrogen (secondary N) is 1. The summed E-state index contributed by atoms with van der Waals surface area (Å²) in [6.07, 6.45) is 4.66. The first kappa shape index (κ1) is 18.6. The van der Waals surface area contributed by atoms with Gasteiger partial charge in [0.25, 0.3) is 0 Å². The highest BCUT2D eigenvalue weighted by Gasteiger charge is 2.36. The summed E-state index contributed by atoms with van der Waals surface area (Å²) in [7, 11) is 0. The highest BCUT2D eigenvalue weighted by molar-refractivity contribution is 6.01. The average molecular weight is 363 g/mol. The molecule has 5 heteroatoms. The average Bonchev–Trinajstić information content (AvgIpc) is 2.72. The Balaban J connectivity index is 1.80. The first-order chi connectivity index (χ1) is 13.1. The van der Waals surface area contributed by atoms with Crippen LogP contribution in [-0.4, -0.2) is 22.8 Å². The molecule has 0 radical (unpaired) electrons. The Morgan fingerprint density at radius 2 is 1.41 bits per heavy atom. The van der Waals surface area contributed by atoms with Gasteiger partial charge in [-0.3, -0.25) is 9.59 Å². The van der Waals surface area contributed by atoms with Crippen LogP contribution in [0.1, 0.15) is 34.8 Å². The zero-order chi connectivity index (χ0) is 19.2. The van der Waals surface area contributed by atoms with Gasteiger partial charge in [0.05, 0.1) is 5.92 Å². The Hall–Kier alpha value is -3.21. The number of Topliss-reactive ketones (excluding diaryl/α,β-unsaturated/α-hetero) is 1. The highest BCUT2D eigenvalue weighted by atomic mass is 16.4. The molecule has 27 heavy (non-hydrogen) atoms. The van der Waals surface area contributed by atoms with E-state index in [1.165, 1.54) is 0 Å². The molecule has 0 saturated carbocycles. The lowest BCUT2D eigenvalue weighted by Crippen LogP contribution is -2.42. The fourth-order valence-corrected chi connectivity index (χ4v) is 3.39. The molecule has 0 aromatic heterocycles. The van der Waals surface area contributed by atoms with E-state index in [0.29, 0.717) is 24.0 Å². The molecule has 0 unspecified atom stereocenters. The number of aliphatic carboxylic acids is 1. The van der Waals surface area contributed by atoms with Crippen LogP contribution in [0, 0.1) is 11.8 Å². The van der Waals surface area contributed by atoms with Crippen molar-refractivity contribution in [2.45, 2.75) is 18.9 Å². The molecule has 3 rings (SSSR count). The van der Waals surface area contributed by atoms with E-state index in [4.69, 9.17) is 0 Å². The molecule has 138 valence electrons. The fourth-order valence-electron chi connectivity index (χ4n) is 3.39. The summed E-state index contributed by atoms with van der Waals surface area (Å²) in [5.41, 5.74) is 1.06. The van der Waals surface area contributed by atoms with Crippen LogP contribution in [0.4, 0.5) is 0 Å². The lowest BCUT2D eigenvalue weighted by Gasteiger charge is -2.28. The normalized spacial score (nSPS) is 19.9. The summed E-state index contributed by atoms with van der Waals surface area (Å²) in [4.78, 5) is 37.4. The molecular formula is C22H21NO4. The molecule has 0 fully saturated rings. The van der Waals surface area contributed by atoms with Crippen LogP contribution in [-0.2, 0) is 9.59 Å². The van der Waals surface area contributed by atoms with E-state index in [1.807, 2.05) is 18.2 Å². The third-order valence-corrected chi connectivity index (χ3v) is 4.83. The monoisotopic (exact) mass is 363 g/mol. The largest absolute Gasteiger partial charge is 0.479 e. The van der Waals surface area contributed by atoms with Gasteiger partial charge in [-0.2, -0.15) is 0 Å². The minimum atomic E-state index is -1.14. The fraction of sp³-hybridized carbons (Fsp3) is 0.227. The number of carbonyl (C=O) groups is 3. The number of ketones is 1. The van der Waals surface area contributed by atoms with Crippen molar-refractivity contribution in [1.82, 2.24) is 5.32 Å². The summed E-state index contributed by atoms with van der Waals surface area (Å²) >= 11 is 0. The summed E-state index contributed by atoms with van der Waals surface area (Å²) in [5.74, 6) is -2.72. The smallest absolute Gasteiger partial charge is 0.330 e. The minimum absolute atomic E-state index is 0.0910. The lowest BCUT2D eigenvalue weighted by molar-refractivity contribution is -0.143. The van der Waals surface area contributed by atoms with Crippen molar-refractivity contribution in [3.8, 4) is 0 Å². The molecular weight excluding hydrogens is 342 g/mol. The van der Waals surface area contributed by atoms with Crippen molar-refractivity contribution in [2.75, 3.05) is 0 Å². The van der Waals surface area contributed by atoms with Crippen LogP contribution < -0.4 is 5.32 Å². The number of carbonyl (C=O) groups excluding carboxylic acids is 2. The van der Waals surface area contributed by atoms with Gasteiger partial charge < -0.3 is 10.4 Å². The lowest BCUT2D eigenvalue weighted by atomic mass is 9.77. The van der Waals surface area contributed by atoms with E-state index in [9.17, 15) is 19.5 Å². The number of amides is 1. The van der Waals surface area contributed by atoms with Gasteiger partial charge in [-0.25, -0.2) is 4.79 Å². The number of hydrogen-bond acceptors (Lipinski definition) is 3. The molecule has 3 atom stereocenters. The predicted octanol–water partition coefficient (Wildman–Crippen LogP) is 3.39. The number of hydrogen-bond donors (Lipinski definition) is 2. The number of carboxylic acids is 1. The third kappa shape index (κ3) is 4.31. The minimum Gasteiger partial charge on any atom is -0.479 e. The Morgan fingerprint density at radius 3 is 2.00 bits per heavy atom. The van der Waals surface area contributed by atoms with E-state index in [2.05, 4.69) is 5.32 Å². The third-order valence-electron chi connectivity index (χ3n) is 4.83. The number of carboxylic acid groups (broad SMARTS) is 1. The maximum absolute atomic E-state index is 12.9. The molecule has 0 bridgehead atoms. The summed E-state index contributed by atoms with van der Waals surface area (Å²) < 4.78 is 0. The van der Waals surface area contributed by atoms with Crippen LogP contribution in [0.2, 0.25) is 0 Å². The van der Waals surface area contributed by atoms with Crippen molar-refractivity contribution < 1.29 is 19.5 Å². The van der Waals surface area contributed by atoms with E-state index in [1.54, 1.807) is 54.6 Å². The SMILES string of the molecule is O=C(O)[C@@H](NC(=O)[C@@H]1CC=CC[C@@H]1C(=O)c1ccccc1)c1ccccc1. The molecule has 5 nitrogen and oxygen atoms in total. The quantitative estimate of drug-likeness (QED) is 0.609. The van der Waals surface area contributed by atoms with Crippen LogP contribution in [0.3, 0.4) is 0 Å². The maximum atomic E-state index is 12.9. The van der Waals surface area contributed by atoms with Gasteiger partial charge in [-0.1, -0.05) is 72.8 Å². The zero-order valence-corrected chi connectivity index (χ0v) is 14.7. The molecule has 0 aliphatic heterocycles. The van der Waals surface area contributed by atoms with Crippen LogP contribution in [0.5, 0.6) is 0 Å². The molecule has 1 aliphatic rings. The molecule has 2 aromatic rings. The van der Waals surface area contributed by atoms with E-state index < -0.39 is 29.8 Å². The van der Waals surface area contributed by atoms with Crippen molar-refractivity contribution in [1.29, 1.82) is 0 Å². The van der Waals surface area contributed by atoms with Crippen molar-refractivity contribution in [3.63, 3.8) is 0 Å². The van der Waals surface area contributed by atoms with Gasteiger partial charge in [0.2, 0.25) is 5.91 Å². The van der Waals surface area contributed by atoms with Crippen LogP contribution in [0.15, 0.2) is 72.8 Å². The van der Waals surface area contributed by atoms with Gasteiger partial charge in [-0.05, 0) is 18.4 Å². The zero-order valence-electron chi connectivity index (χ0n) is 14.7. The molecule has 2 aromatic carbocycles. The van der Waals surface area contributed by atoms with Gasteiger partial charge in [0.1, 0.15) is 0 Å². The molecule has 2 N–H and O–H groups in total. The van der Waals surface area contributed by atoms with Crippen molar-refractivity contribution >= 4 is 17.7 Å². The van der Waals surface area contributed by atoms with Gasteiger partial charge >= 0.3 is 5.97 Å². The molecule has 1 aliphatic carbocycles. The molecule has 0 saturated heterocycles. The number of benzene rings is 2. The second-order valence-corrected chi connectivity index (χ2v) is 6.58. The second kappa shape index (κ2) is 8.45. The summed E-state index contributed by atoms with van der Waals surface area (Å²) in [6, 6.07) is 16.3. The molecule has 1 amide bonds. The Labute approximate surface area is 157 Å². The van der Waals surface area contributed by atoms with E-state index in [0.717, 1.165) is 0 Å². The topological polar surface area (TPSA) is 83.5 Å². The summed E-state index contributed by atoms with van der Waals surface area (Å²) in [5, 5.41) is 12.1. The Kier molecular flexibility index (Phi) is 5.81. The van der Waals surface area contributed by atoms with Gasteiger partial charge in [0.15, 0.2) is 11.8 Å². The van der Waals surface area contributed by atoms with E-state index >= 15 is 0 Å². The Bertz CT molecular complexity index is 845. The van der Waals surface area contributed by atoms with E-state index in [-0.39, 0.29) is 5.78 Å². The standard InChI is InChI=1S/C22H21NO4/c24-20(16-11-5-2-6-12-16)17-13-7-8-14-18(17)21(25)23-19(22(26)27)15-9-3-1-4-10-15/h1-12,17-19H,13-14H2,(H,23,25)(H,26,27)/t17-,18+,19-/m0/s1.